The summed E-state index contributed by atoms with van der Waals surface area (Å²) in [7, 11) is 4.06. The van der Waals surface area contributed by atoms with Crippen LogP contribution < -0.4 is 4.90 Å². The molecule has 1 fully saturated rings. The normalized spacial score (nSPS) is 19.0. The Morgan fingerprint density at radius 2 is 1.96 bits per heavy atom. The Kier molecular flexibility index (Phi) is 6.64. The molecular weight excluding hydrogens is 344 g/mol. The molecule has 26 heavy (non-hydrogen) atoms. The van der Waals surface area contributed by atoms with E-state index in [1.54, 1.807) is 11.3 Å². The summed E-state index contributed by atoms with van der Waals surface area (Å²) < 4.78 is 0. The van der Waals surface area contributed by atoms with Gasteiger partial charge in [0, 0.05) is 70.5 Å². The summed E-state index contributed by atoms with van der Waals surface area (Å²) in [5, 5.41) is 10.6. The Hall–Kier alpha value is -1.47. The van der Waals surface area contributed by atoms with Crippen LogP contribution in [-0.4, -0.2) is 66.3 Å². The number of rotatable bonds is 7. The second-order valence-electron chi connectivity index (χ2n) is 7.36. The quantitative estimate of drug-likeness (QED) is 0.807. The van der Waals surface area contributed by atoms with E-state index in [0.29, 0.717) is 6.04 Å². The Bertz CT molecular complexity index is 685. The highest BCUT2D eigenvalue weighted by molar-refractivity contribution is 7.15. The van der Waals surface area contributed by atoms with Crippen LogP contribution in [0.5, 0.6) is 0 Å². The summed E-state index contributed by atoms with van der Waals surface area (Å²) in [6.07, 6.45) is 2.83. The largest absolute Gasteiger partial charge is 0.396 e. The highest BCUT2D eigenvalue weighted by Gasteiger charge is 2.27. The van der Waals surface area contributed by atoms with E-state index >= 15 is 0 Å². The average Bonchev–Trinajstić information content (AvgIpc) is 3.08. The van der Waals surface area contributed by atoms with Crippen LogP contribution in [0.25, 0.3) is 0 Å². The average molecular weight is 375 g/mol. The van der Waals surface area contributed by atoms with Gasteiger partial charge < -0.3 is 10.0 Å². The minimum Gasteiger partial charge on any atom is -0.396 e. The lowest BCUT2D eigenvalue weighted by Crippen LogP contribution is -2.52. The molecule has 1 unspecified atom stereocenters. The molecule has 0 saturated carbocycles. The Morgan fingerprint density at radius 3 is 2.62 bits per heavy atom. The lowest BCUT2D eigenvalue weighted by molar-refractivity contribution is 0.0504. The predicted octanol–water partition coefficient (Wildman–Crippen LogP) is 2.59. The first kappa shape index (κ1) is 19.3. The topological polar surface area (TPSA) is 42.8 Å². The van der Waals surface area contributed by atoms with Gasteiger partial charge in [-0.3, -0.25) is 9.80 Å². The number of anilines is 1. The molecule has 0 aliphatic carbocycles. The minimum atomic E-state index is 0.244. The van der Waals surface area contributed by atoms with Gasteiger partial charge in [0.2, 0.25) is 0 Å². The minimum absolute atomic E-state index is 0.244. The lowest BCUT2D eigenvalue weighted by Gasteiger charge is -2.41. The number of hydrogen-bond acceptors (Lipinski definition) is 6. The van der Waals surface area contributed by atoms with Crippen LogP contribution in [0.1, 0.15) is 22.4 Å². The first-order valence-electron chi connectivity index (χ1n) is 9.30. The molecule has 1 aromatic heterocycles. The first-order chi connectivity index (χ1) is 12.5. The highest BCUT2D eigenvalue weighted by Crippen LogP contribution is 2.24. The maximum absolute atomic E-state index is 9.52. The zero-order valence-corrected chi connectivity index (χ0v) is 16.9. The monoisotopic (exact) mass is 374 g/mol. The number of aryl methyl sites for hydroxylation is 1. The summed E-state index contributed by atoms with van der Waals surface area (Å²) in [4.78, 5) is 12.9. The number of benzene rings is 1. The smallest absolute Gasteiger partial charge is 0.185 e. The van der Waals surface area contributed by atoms with Gasteiger partial charge in [-0.2, -0.15) is 0 Å². The fourth-order valence-corrected chi connectivity index (χ4v) is 4.33. The molecule has 1 saturated heterocycles. The van der Waals surface area contributed by atoms with Gasteiger partial charge in [-0.05, 0) is 18.9 Å². The third-order valence-electron chi connectivity index (χ3n) is 4.96. The molecule has 2 heterocycles. The summed E-state index contributed by atoms with van der Waals surface area (Å²) in [6.45, 7) is 7.38. The van der Waals surface area contributed by atoms with E-state index in [2.05, 4.69) is 50.9 Å². The molecule has 1 N–H and O–H groups in total. The second kappa shape index (κ2) is 8.95. The van der Waals surface area contributed by atoms with Crippen molar-refractivity contribution in [3.63, 3.8) is 0 Å². The van der Waals surface area contributed by atoms with Crippen molar-refractivity contribution < 1.29 is 5.11 Å². The molecule has 142 valence electrons. The molecule has 3 rings (SSSR count). The van der Waals surface area contributed by atoms with Gasteiger partial charge in [-0.15, -0.1) is 11.3 Å². The Balaban J connectivity index is 1.60. The Labute approximate surface area is 160 Å². The molecule has 1 aliphatic heterocycles. The molecule has 0 spiro atoms. The predicted molar refractivity (Wildman–Crippen MR) is 109 cm³/mol. The standard InChI is InChI=1S/C20H30N4OS/c1-16-4-6-17(7-5-16)13-24-10-9-23(14-18(24)8-11-25)15-19-12-21-20(26-19)22(2)3/h4-7,12,18,25H,8-11,13-15H2,1-3H3. The molecular formula is C20H30N4OS. The van der Waals surface area contributed by atoms with Crippen molar-refractivity contribution in [2.24, 2.45) is 0 Å². The van der Waals surface area contributed by atoms with Gasteiger partial charge in [-0.25, -0.2) is 4.98 Å². The van der Waals surface area contributed by atoms with Crippen LogP contribution in [-0.2, 0) is 13.1 Å². The van der Waals surface area contributed by atoms with Crippen molar-refractivity contribution in [1.82, 2.24) is 14.8 Å². The van der Waals surface area contributed by atoms with E-state index in [0.717, 1.165) is 44.3 Å². The number of hydrogen-bond donors (Lipinski definition) is 1. The van der Waals surface area contributed by atoms with Crippen molar-refractivity contribution in [2.45, 2.75) is 32.5 Å². The fourth-order valence-electron chi connectivity index (χ4n) is 3.46. The van der Waals surface area contributed by atoms with Crippen LogP contribution in [0.15, 0.2) is 30.5 Å². The molecule has 1 atom stereocenters. The van der Waals surface area contributed by atoms with Crippen molar-refractivity contribution in [3.8, 4) is 0 Å². The van der Waals surface area contributed by atoms with Gasteiger partial charge in [0.15, 0.2) is 5.13 Å². The van der Waals surface area contributed by atoms with E-state index in [1.165, 1.54) is 16.0 Å². The summed E-state index contributed by atoms with van der Waals surface area (Å²) in [5.74, 6) is 0. The Morgan fingerprint density at radius 1 is 1.19 bits per heavy atom. The zero-order chi connectivity index (χ0) is 18.5. The van der Waals surface area contributed by atoms with E-state index in [4.69, 9.17) is 0 Å². The summed E-state index contributed by atoms with van der Waals surface area (Å²) in [6, 6.07) is 9.20. The fraction of sp³-hybridized carbons (Fsp3) is 0.550. The maximum Gasteiger partial charge on any atom is 0.185 e. The third-order valence-corrected chi connectivity index (χ3v) is 6.11. The van der Waals surface area contributed by atoms with Gasteiger partial charge >= 0.3 is 0 Å². The van der Waals surface area contributed by atoms with Crippen LogP contribution >= 0.6 is 11.3 Å². The number of nitrogens with zero attached hydrogens (tertiary/aromatic N) is 4. The van der Waals surface area contributed by atoms with Crippen LogP contribution in [0, 0.1) is 6.92 Å². The summed E-state index contributed by atoms with van der Waals surface area (Å²) in [5.41, 5.74) is 2.65. The number of aliphatic hydroxyl groups excluding tert-OH is 1. The number of thiazole rings is 1. The molecule has 6 heteroatoms. The number of piperazine rings is 1. The second-order valence-corrected chi connectivity index (χ2v) is 8.45. The van der Waals surface area contributed by atoms with Gasteiger partial charge in [-0.1, -0.05) is 29.8 Å². The van der Waals surface area contributed by atoms with Crippen molar-refractivity contribution >= 4 is 16.5 Å². The molecule has 2 aromatic rings. The van der Waals surface area contributed by atoms with E-state index in [9.17, 15) is 5.11 Å². The van der Waals surface area contributed by atoms with Crippen molar-refractivity contribution in [2.75, 3.05) is 45.2 Å². The molecule has 0 bridgehead atoms. The number of aromatic nitrogens is 1. The third kappa shape index (κ3) is 5.04. The van der Waals surface area contributed by atoms with E-state index in [1.807, 2.05) is 20.3 Å². The SMILES string of the molecule is Cc1ccc(CN2CCN(Cc3cnc(N(C)C)s3)CC2CCO)cc1. The van der Waals surface area contributed by atoms with Gasteiger partial charge in [0.25, 0.3) is 0 Å². The van der Waals surface area contributed by atoms with Gasteiger partial charge in [0.05, 0.1) is 0 Å². The molecule has 5 nitrogen and oxygen atoms in total. The highest BCUT2D eigenvalue weighted by atomic mass is 32.1. The van der Waals surface area contributed by atoms with Crippen molar-refractivity contribution in [3.05, 3.63) is 46.5 Å². The van der Waals surface area contributed by atoms with E-state index in [-0.39, 0.29) is 6.61 Å². The first-order valence-corrected chi connectivity index (χ1v) is 10.1. The van der Waals surface area contributed by atoms with E-state index < -0.39 is 0 Å². The number of aliphatic hydroxyl groups is 1. The van der Waals surface area contributed by atoms with Gasteiger partial charge in [0.1, 0.15) is 0 Å². The molecule has 0 radical (unpaired) electrons. The lowest BCUT2D eigenvalue weighted by atomic mass is 10.1. The summed E-state index contributed by atoms with van der Waals surface area (Å²) >= 11 is 1.76. The molecule has 1 aliphatic rings. The van der Waals surface area contributed by atoms with Crippen LogP contribution in [0.3, 0.4) is 0 Å². The van der Waals surface area contributed by atoms with Crippen molar-refractivity contribution in [1.29, 1.82) is 0 Å². The van der Waals surface area contributed by atoms with Crippen LogP contribution in [0.2, 0.25) is 0 Å². The maximum atomic E-state index is 9.52. The zero-order valence-electron chi connectivity index (χ0n) is 16.1. The molecule has 0 amide bonds. The van der Waals surface area contributed by atoms with Crippen LogP contribution in [0.4, 0.5) is 5.13 Å². The molecule has 1 aromatic carbocycles.